The minimum atomic E-state index is -3.58. The second-order valence-electron chi connectivity index (χ2n) is 5.37. The van der Waals surface area contributed by atoms with Gasteiger partial charge in [0.2, 0.25) is 10.0 Å². The molecular weight excluding hydrogens is 300 g/mol. The van der Waals surface area contributed by atoms with Crippen LogP contribution in [0.5, 0.6) is 0 Å². The van der Waals surface area contributed by atoms with Crippen molar-refractivity contribution in [1.82, 2.24) is 19.3 Å². The zero-order chi connectivity index (χ0) is 15.6. The molecule has 22 heavy (non-hydrogen) atoms. The molecule has 0 N–H and O–H groups in total. The molecule has 0 saturated carbocycles. The van der Waals surface area contributed by atoms with Crippen LogP contribution in [0, 0.1) is 6.92 Å². The quantitative estimate of drug-likeness (QED) is 0.866. The van der Waals surface area contributed by atoms with E-state index in [2.05, 4.69) is 15.0 Å². The fourth-order valence-corrected chi connectivity index (χ4v) is 4.33. The summed E-state index contributed by atoms with van der Waals surface area (Å²) >= 11 is 0. The molecule has 2 aromatic heterocycles. The molecule has 0 aliphatic carbocycles. The van der Waals surface area contributed by atoms with Crippen molar-refractivity contribution < 1.29 is 8.42 Å². The SMILES string of the molecule is Cc1ccnc([C@@H]2CCCCN2S(=O)(=O)c2cccnc2)n1. The van der Waals surface area contributed by atoms with Gasteiger partial charge >= 0.3 is 0 Å². The van der Waals surface area contributed by atoms with Crippen molar-refractivity contribution in [3.63, 3.8) is 0 Å². The van der Waals surface area contributed by atoms with Crippen molar-refractivity contribution in [2.24, 2.45) is 0 Å². The molecule has 7 heteroatoms. The lowest BCUT2D eigenvalue weighted by atomic mass is 10.0. The number of pyridine rings is 1. The molecule has 1 saturated heterocycles. The lowest BCUT2D eigenvalue weighted by Crippen LogP contribution is -2.39. The highest BCUT2D eigenvalue weighted by Crippen LogP contribution is 2.33. The Kier molecular flexibility index (Phi) is 4.17. The molecule has 0 bridgehead atoms. The topological polar surface area (TPSA) is 76.1 Å². The Hall–Kier alpha value is -1.86. The van der Waals surface area contributed by atoms with Gasteiger partial charge in [0.25, 0.3) is 0 Å². The molecule has 6 nitrogen and oxygen atoms in total. The summed E-state index contributed by atoms with van der Waals surface area (Å²) in [4.78, 5) is 12.8. The number of hydrogen-bond acceptors (Lipinski definition) is 5. The van der Waals surface area contributed by atoms with E-state index >= 15 is 0 Å². The number of aromatic nitrogens is 3. The van der Waals surface area contributed by atoms with Crippen LogP contribution in [0.3, 0.4) is 0 Å². The minimum Gasteiger partial charge on any atom is -0.263 e. The predicted octanol–water partition coefficient (Wildman–Crippen LogP) is 2.10. The summed E-state index contributed by atoms with van der Waals surface area (Å²) in [6.07, 6.45) is 7.20. The van der Waals surface area contributed by atoms with Crippen LogP contribution in [-0.4, -0.2) is 34.2 Å². The standard InChI is InChI=1S/C15H18N4O2S/c1-12-7-9-17-15(18-12)14-6-2-3-10-19(14)22(20,21)13-5-4-8-16-11-13/h4-5,7-9,11,14H,2-3,6,10H2,1H3/t14-/m0/s1. The molecule has 0 spiro atoms. The Balaban J connectivity index is 2.00. The Labute approximate surface area is 130 Å². The molecule has 0 unspecified atom stereocenters. The van der Waals surface area contributed by atoms with Crippen LogP contribution in [-0.2, 0) is 10.0 Å². The smallest absolute Gasteiger partial charge is 0.245 e. The van der Waals surface area contributed by atoms with Crippen LogP contribution in [0.1, 0.15) is 36.8 Å². The lowest BCUT2D eigenvalue weighted by Gasteiger charge is -2.33. The molecule has 116 valence electrons. The van der Waals surface area contributed by atoms with Gasteiger partial charge in [-0.15, -0.1) is 0 Å². The number of sulfonamides is 1. The number of hydrogen-bond donors (Lipinski definition) is 0. The van der Waals surface area contributed by atoms with Crippen LogP contribution >= 0.6 is 0 Å². The first-order valence-electron chi connectivity index (χ1n) is 7.30. The lowest BCUT2D eigenvalue weighted by molar-refractivity contribution is 0.246. The van der Waals surface area contributed by atoms with E-state index in [9.17, 15) is 8.42 Å². The Morgan fingerprint density at radius 2 is 2.09 bits per heavy atom. The van der Waals surface area contributed by atoms with Gasteiger partial charge in [-0.25, -0.2) is 18.4 Å². The van der Waals surface area contributed by atoms with E-state index in [1.807, 2.05) is 13.0 Å². The highest BCUT2D eigenvalue weighted by molar-refractivity contribution is 7.89. The molecule has 1 atom stereocenters. The zero-order valence-electron chi connectivity index (χ0n) is 12.4. The third-order valence-electron chi connectivity index (χ3n) is 3.81. The van der Waals surface area contributed by atoms with Gasteiger partial charge in [0.05, 0.1) is 6.04 Å². The summed E-state index contributed by atoms with van der Waals surface area (Å²) in [6, 6.07) is 4.71. The summed E-state index contributed by atoms with van der Waals surface area (Å²) in [6.45, 7) is 2.37. The van der Waals surface area contributed by atoms with Gasteiger partial charge in [-0.2, -0.15) is 4.31 Å². The molecule has 0 amide bonds. The van der Waals surface area contributed by atoms with Crippen LogP contribution in [0.25, 0.3) is 0 Å². The molecule has 3 rings (SSSR count). The minimum absolute atomic E-state index is 0.217. The molecule has 1 aliphatic heterocycles. The van der Waals surface area contributed by atoms with Crippen LogP contribution < -0.4 is 0 Å². The monoisotopic (exact) mass is 318 g/mol. The zero-order valence-corrected chi connectivity index (χ0v) is 13.2. The highest BCUT2D eigenvalue weighted by Gasteiger charge is 2.36. The van der Waals surface area contributed by atoms with Gasteiger partial charge in [-0.05, 0) is 38.0 Å². The maximum Gasteiger partial charge on any atom is 0.245 e. The largest absolute Gasteiger partial charge is 0.263 e. The second-order valence-corrected chi connectivity index (χ2v) is 7.26. The first-order valence-corrected chi connectivity index (χ1v) is 8.74. The Bertz CT molecular complexity index is 749. The summed E-state index contributed by atoms with van der Waals surface area (Å²) in [5.41, 5.74) is 0.842. The van der Waals surface area contributed by atoms with Gasteiger partial charge in [-0.3, -0.25) is 4.98 Å². The van der Waals surface area contributed by atoms with Crippen molar-refractivity contribution in [3.8, 4) is 0 Å². The molecule has 3 heterocycles. The average Bonchev–Trinajstić information content (AvgIpc) is 2.56. The molecule has 2 aromatic rings. The first kappa shape index (κ1) is 15.1. The maximum atomic E-state index is 12.9. The van der Waals surface area contributed by atoms with Gasteiger partial charge in [0, 0.05) is 30.8 Å². The molecule has 1 aliphatic rings. The number of piperidine rings is 1. The van der Waals surface area contributed by atoms with E-state index in [1.54, 1.807) is 24.5 Å². The van der Waals surface area contributed by atoms with Gasteiger partial charge in [-0.1, -0.05) is 6.42 Å². The summed E-state index contributed by atoms with van der Waals surface area (Å²) in [5, 5.41) is 0. The number of nitrogens with zero attached hydrogens (tertiary/aromatic N) is 4. The van der Waals surface area contributed by atoms with E-state index in [0.717, 1.165) is 25.0 Å². The normalized spacial score (nSPS) is 20.0. The summed E-state index contributed by atoms with van der Waals surface area (Å²) in [5.74, 6) is 0.576. The Morgan fingerprint density at radius 1 is 1.23 bits per heavy atom. The van der Waals surface area contributed by atoms with Crippen molar-refractivity contribution >= 4 is 10.0 Å². The average molecular weight is 318 g/mol. The molecule has 1 fully saturated rings. The van der Waals surface area contributed by atoms with E-state index in [0.29, 0.717) is 12.4 Å². The van der Waals surface area contributed by atoms with Gasteiger partial charge in [0.1, 0.15) is 10.7 Å². The third kappa shape index (κ3) is 2.86. The van der Waals surface area contributed by atoms with E-state index < -0.39 is 10.0 Å². The maximum absolute atomic E-state index is 12.9. The number of aryl methyl sites for hydroxylation is 1. The molecule has 0 aromatic carbocycles. The van der Waals surface area contributed by atoms with E-state index in [4.69, 9.17) is 0 Å². The van der Waals surface area contributed by atoms with Gasteiger partial charge in [0.15, 0.2) is 0 Å². The van der Waals surface area contributed by atoms with Crippen molar-refractivity contribution in [2.75, 3.05) is 6.54 Å². The van der Waals surface area contributed by atoms with Crippen LogP contribution in [0.4, 0.5) is 0 Å². The van der Waals surface area contributed by atoms with E-state index in [1.165, 1.54) is 10.5 Å². The second kappa shape index (κ2) is 6.10. The third-order valence-corrected chi connectivity index (χ3v) is 5.70. The fraction of sp³-hybridized carbons (Fsp3) is 0.400. The molecular formula is C15H18N4O2S. The predicted molar refractivity (Wildman–Crippen MR) is 81.5 cm³/mol. The summed E-state index contributed by atoms with van der Waals surface area (Å²) in [7, 11) is -3.58. The number of rotatable bonds is 3. The highest BCUT2D eigenvalue weighted by atomic mass is 32.2. The van der Waals surface area contributed by atoms with Crippen LogP contribution in [0.2, 0.25) is 0 Å². The fourth-order valence-electron chi connectivity index (χ4n) is 2.71. The van der Waals surface area contributed by atoms with Gasteiger partial charge < -0.3 is 0 Å². The van der Waals surface area contributed by atoms with Crippen molar-refractivity contribution in [2.45, 2.75) is 37.1 Å². The van der Waals surface area contributed by atoms with Crippen molar-refractivity contribution in [1.29, 1.82) is 0 Å². The first-order chi connectivity index (χ1) is 10.6. The Morgan fingerprint density at radius 3 is 2.82 bits per heavy atom. The molecule has 0 radical (unpaired) electrons. The van der Waals surface area contributed by atoms with Crippen LogP contribution in [0.15, 0.2) is 41.7 Å². The van der Waals surface area contributed by atoms with E-state index in [-0.39, 0.29) is 10.9 Å². The summed E-state index contributed by atoms with van der Waals surface area (Å²) < 4.78 is 27.3. The van der Waals surface area contributed by atoms with Crippen molar-refractivity contribution in [3.05, 3.63) is 48.3 Å².